The van der Waals surface area contributed by atoms with E-state index in [9.17, 15) is 9.18 Å². The standard InChI is InChI=1S/C17H19FN2O2S/c1-11-16(17(21)19-10-14-3-2-8-22-14)23-15(20-11)9-12-4-6-13(18)7-5-12/h4-7,14H,2-3,8-10H2,1H3,(H,19,21)/t14-/m0/s1. The number of aryl methyl sites for hydroxylation is 1. The first-order valence-corrected chi connectivity index (χ1v) is 8.54. The molecule has 0 radical (unpaired) electrons. The molecule has 1 amide bonds. The molecular weight excluding hydrogens is 315 g/mol. The summed E-state index contributed by atoms with van der Waals surface area (Å²) in [6, 6.07) is 6.35. The van der Waals surface area contributed by atoms with Gasteiger partial charge in [-0.15, -0.1) is 11.3 Å². The van der Waals surface area contributed by atoms with Crippen LogP contribution in [0.25, 0.3) is 0 Å². The Morgan fingerprint density at radius 2 is 2.22 bits per heavy atom. The Morgan fingerprint density at radius 3 is 2.91 bits per heavy atom. The quantitative estimate of drug-likeness (QED) is 0.914. The van der Waals surface area contributed by atoms with Crippen LogP contribution in [0.3, 0.4) is 0 Å². The fraction of sp³-hybridized carbons (Fsp3) is 0.412. The van der Waals surface area contributed by atoms with Crippen LogP contribution in [0.2, 0.25) is 0 Å². The average Bonchev–Trinajstić information content (AvgIpc) is 3.17. The maximum atomic E-state index is 12.9. The molecule has 0 aliphatic carbocycles. The number of rotatable bonds is 5. The highest BCUT2D eigenvalue weighted by atomic mass is 32.1. The molecule has 1 atom stereocenters. The third kappa shape index (κ3) is 4.14. The van der Waals surface area contributed by atoms with Crippen LogP contribution >= 0.6 is 11.3 Å². The first-order chi connectivity index (χ1) is 11.1. The van der Waals surface area contributed by atoms with Crippen molar-refractivity contribution < 1.29 is 13.9 Å². The molecular formula is C17H19FN2O2S. The second kappa shape index (κ2) is 7.19. The number of halogens is 1. The van der Waals surface area contributed by atoms with Gasteiger partial charge in [-0.2, -0.15) is 0 Å². The number of benzene rings is 1. The molecule has 0 saturated carbocycles. The average molecular weight is 334 g/mol. The Kier molecular flexibility index (Phi) is 5.03. The number of carbonyl (C=O) groups excluding carboxylic acids is 1. The number of aromatic nitrogens is 1. The summed E-state index contributed by atoms with van der Waals surface area (Å²) in [4.78, 5) is 17.4. The van der Waals surface area contributed by atoms with Crippen LogP contribution in [0.4, 0.5) is 4.39 Å². The first-order valence-electron chi connectivity index (χ1n) is 7.72. The minimum absolute atomic E-state index is 0.0964. The molecule has 4 nitrogen and oxygen atoms in total. The van der Waals surface area contributed by atoms with E-state index in [1.54, 1.807) is 12.1 Å². The van der Waals surface area contributed by atoms with Gasteiger partial charge in [-0.25, -0.2) is 9.37 Å². The Morgan fingerprint density at radius 1 is 1.43 bits per heavy atom. The highest BCUT2D eigenvalue weighted by Crippen LogP contribution is 2.21. The minimum Gasteiger partial charge on any atom is -0.376 e. The van der Waals surface area contributed by atoms with Gasteiger partial charge in [-0.1, -0.05) is 12.1 Å². The normalized spacial score (nSPS) is 17.4. The number of nitrogens with one attached hydrogen (secondary N) is 1. The van der Waals surface area contributed by atoms with Crippen molar-refractivity contribution in [2.24, 2.45) is 0 Å². The molecule has 1 fully saturated rings. The van der Waals surface area contributed by atoms with Crippen molar-refractivity contribution in [2.45, 2.75) is 32.3 Å². The predicted octanol–water partition coefficient (Wildman–Crippen LogP) is 3.09. The van der Waals surface area contributed by atoms with Crippen molar-refractivity contribution in [1.82, 2.24) is 10.3 Å². The largest absolute Gasteiger partial charge is 0.376 e. The van der Waals surface area contributed by atoms with Gasteiger partial charge < -0.3 is 10.1 Å². The summed E-state index contributed by atoms with van der Waals surface area (Å²) in [6.07, 6.45) is 2.79. The van der Waals surface area contributed by atoms with Gasteiger partial charge in [0.15, 0.2) is 0 Å². The van der Waals surface area contributed by atoms with E-state index < -0.39 is 0 Å². The number of nitrogens with zero attached hydrogens (tertiary/aromatic N) is 1. The number of hydrogen-bond donors (Lipinski definition) is 1. The number of carbonyl (C=O) groups is 1. The van der Waals surface area contributed by atoms with Crippen molar-refractivity contribution >= 4 is 17.2 Å². The van der Waals surface area contributed by atoms with Crippen molar-refractivity contribution in [3.8, 4) is 0 Å². The Labute approximate surface area is 138 Å². The zero-order chi connectivity index (χ0) is 16.2. The summed E-state index contributed by atoms with van der Waals surface area (Å²) >= 11 is 1.39. The van der Waals surface area contributed by atoms with Crippen LogP contribution in [-0.2, 0) is 11.2 Å². The Hall–Kier alpha value is -1.79. The lowest BCUT2D eigenvalue weighted by Crippen LogP contribution is -2.31. The highest BCUT2D eigenvalue weighted by Gasteiger charge is 2.19. The first kappa shape index (κ1) is 16.1. The van der Waals surface area contributed by atoms with Crippen LogP contribution in [0.1, 0.15) is 38.8 Å². The zero-order valence-electron chi connectivity index (χ0n) is 13.0. The van der Waals surface area contributed by atoms with Gasteiger partial charge in [0.2, 0.25) is 0 Å². The molecule has 2 heterocycles. The second-order valence-corrected chi connectivity index (χ2v) is 6.75. The lowest BCUT2D eigenvalue weighted by molar-refractivity contribution is 0.0860. The molecule has 0 unspecified atom stereocenters. The summed E-state index contributed by atoms with van der Waals surface area (Å²) < 4.78 is 18.4. The molecule has 3 rings (SSSR count). The Bertz CT molecular complexity index is 678. The van der Waals surface area contributed by atoms with Gasteiger partial charge in [0, 0.05) is 19.6 Å². The predicted molar refractivity (Wildman–Crippen MR) is 87.4 cm³/mol. The van der Waals surface area contributed by atoms with Crippen LogP contribution in [0.5, 0.6) is 0 Å². The molecule has 1 aliphatic heterocycles. The lowest BCUT2D eigenvalue weighted by atomic mass is 10.1. The molecule has 0 bridgehead atoms. The summed E-state index contributed by atoms with van der Waals surface area (Å²) in [7, 11) is 0. The maximum absolute atomic E-state index is 12.9. The van der Waals surface area contributed by atoms with Gasteiger partial charge in [0.05, 0.1) is 16.8 Å². The topological polar surface area (TPSA) is 51.2 Å². The van der Waals surface area contributed by atoms with Crippen LogP contribution < -0.4 is 5.32 Å². The molecule has 2 aromatic rings. The molecule has 0 spiro atoms. The van der Waals surface area contributed by atoms with Crippen molar-refractivity contribution in [1.29, 1.82) is 0 Å². The SMILES string of the molecule is Cc1nc(Cc2ccc(F)cc2)sc1C(=O)NC[C@@H]1CCCO1. The number of amides is 1. The summed E-state index contributed by atoms with van der Waals surface area (Å²) in [5, 5.41) is 3.78. The van der Waals surface area contributed by atoms with Crippen LogP contribution in [0.15, 0.2) is 24.3 Å². The van der Waals surface area contributed by atoms with E-state index in [1.807, 2.05) is 6.92 Å². The third-order valence-electron chi connectivity index (χ3n) is 3.83. The monoisotopic (exact) mass is 334 g/mol. The van der Waals surface area contributed by atoms with Gasteiger partial charge in [-0.05, 0) is 37.5 Å². The van der Waals surface area contributed by atoms with E-state index >= 15 is 0 Å². The van der Waals surface area contributed by atoms with Gasteiger partial charge in [0.1, 0.15) is 10.7 Å². The summed E-state index contributed by atoms with van der Waals surface area (Å²) in [6.45, 7) is 3.16. The van der Waals surface area contributed by atoms with E-state index in [4.69, 9.17) is 4.74 Å². The fourth-order valence-electron chi connectivity index (χ4n) is 2.61. The molecule has 6 heteroatoms. The maximum Gasteiger partial charge on any atom is 0.263 e. The lowest BCUT2D eigenvalue weighted by Gasteiger charge is -2.09. The molecule has 1 aliphatic rings. The van der Waals surface area contributed by atoms with Crippen LogP contribution in [0, 0.1) is 12.7 Å². The van der Waals surface area contributed by atoms with E-state index in [0.717, 1.165) is 35.7 Å². The molecule has 122 valence electrons. The van der Waals surface area contributed by atoms with Crippen molar-refractivity contribution in [3.63, 3.8) is 0 Å². The molecule has 23 heavy (non-hydrogen) atoms. The second-order valence-electron chi connectivity index (χ2n) is 5.67. The number of hydrogen-bond acceptors (Lipinski definition) is 4. The smallest absolute Gasteiger partial charge is 0.263 e. The van der Waals surface area contributed by atoms with Crippen molar-refractivity contribution in [3.05, 3.63) is 51.2 Å². The van der Waals surface area contributed by atoms with Crippen molar-refractivity contribution in [2.75, 3.05) is 13.2 Å². The van der Waals surface area contributed by atoms with Crippen LogP contribution in [-0.4, -0.2) is 30.1 Å². The van der Waals surface area contributed by atoms with Gasteiger partial charge >= 0.3 is 0 Å². The molecule has 1 N–H and O–H groups in total. The zero-order valence-corrected chi connectivity index (χ0v) is 13.8. The minimum atomic E-state index is -0.252. The van der Waals surface area contributed by atoms with E-state index in [-0.39, 0.29) is 17.8 Å². The van der Waals surface area contributed by atoms with Gasteiger partial charge in [0.25, 0.3) is 5.91 Å². The summed E-state index contributed by atoms with van der Waals surface area (Å²) in [5.74, 6) is -0.348. The molecule has 1 aromatic carbocycles. The molecule has 1 aromatic heterocycles. The highest BCUT2D eigenvalue weighted by molar-refractivity contribution is 7.13. The van der Waals surface area contributed by atoms with Gasteiger partial charge in [-0.3, -0.25) is 4.79 Å². The third-order valence-corrected chi connectivity index (χ3v) is 4.99. The molecule has 1 saturated heterocycles. The van der Waals surface area contributed by atoms with E-state index in [0.29, 0.717) is 17.8 Å². The number of thiazole rings is 1. The summed E-state index contributed by atoms with van der Waals surface area (Å²) in [5.41, 5.74) is 1.71. The number of ether oxygens (including phenoxy) is 1. The van der Waals surface area contributed by atoms with E-state index in [1.165, 1.54) is 23.5 Å². The van der Waals surface area contributed by atoms with E-state index in [2.05, 4.69) is 10.3 Å². The fourth-order valence-corrected chi connectivity index (χ4v) is 3.62. The Balaban J connectivity index is 1.62.